The van der Waals surface area contributed by atoms with Crippen LogP contribution in [0.25, 0.3) is 0 Å². The van der Waals surface area contributed by atoms with E-state index < -0.39 is 0 Å². The summed E-state index contributed by atoms with van der Waals surface area (Å²) in [6.45, 7) is 3.01. The Morgan fingerprint density at radius 3 is 3.06 bits per heavy atom. The van der Waals surface area contributed by atoms with Crippen LogP contribution in [-0.4, -0.2) is 12.8 Å². The fourth-order valence-corrected chi connectivity index (χ4v) is 3.13. The monoisotopic (exact) mass is 236 g/mol. The van der Waals surface area contributed by atoms with Crippen molar-refractivity contribution in [2.45, 2.75) is 32.1 Å². The topological polar surface area (TPSA) is 36.1 Å². The molecule has 1 aliphatic carbocycles. The van der Waals surface area contributed by atoms with Crippen LogP contribution >= 0.6 is 0 Å². The highest BCUT2D eigenvalue weighted by Crippen LogP contribution is 2.39. The minimum absolute atomic E-state index is 0.493. The van der Waals surface area contributed by atoms with E-state index >= 15 is 0 Å². The lowest BCUT2D eigenvalue weighted by Gasteiger charge is -2.25. The summed E-state index contributed by atoms with van der Waals surface area (Å²) in [4.78, 5) is 4.42. The maximum atomic E-state index is 8.93. The van der Waals surface area contributed by atoms with Crippen LogP contribution in [0.3, 0.4) is 0 Å². The first-order chi connectivity index (χ1) is 8.79. The van der Waals surface area contributed by atoms with Gasteiger partial charge in [0.1, 0.15) is 0 Å². The van der Waals surface area contributed by atoms with Gasteiger partial charge < -0.3 is 0 Å². The minimum Gasteiger partial charge on any atom is -0.288 e. The SMILES string of the molecule is Cc1cc(C#N)ccc1C1CCCC2=C1C=NC2. The van der Waals surface area contributed by atoms with Crippen molar-refractivity contribution < 1.29 is 0 Å². The molecule has 2 nitrogen and oxygen atoms in total. The number of aryl methyl sites for hydroxylation is 1. The van der Waals surface area contributed by atoms with Gasteiger partial charge >= 0.3 is 0 Å². The highest BCUT2D eigenvalue weighted by molar-refractivity contribution is 5.85. The summed E-state index contributed by atoms with van der Waals surface area (Å²) in [5.74, 6) is 0.493. The zero-order valence-electron chi connectivity index (χ0n) is 10.6. The quantitative estimate of drug-likeness (QED) is 0.735. The van der Waals surface area contributed by atoms with Crippen LogP contribution in [0.1, 0.15) is 41.9 Å². The van der Waals surface area contributed by atoms with Gasteiger partial charge in [-0.25, -0.2) is 0 Å². The third-order valence-electron chi connectivity index (χ3n) is 4.04. The summed E-state index contributed by atoms with van der Waals surface area (Å²) in [5, 5.41) is 8.93. The summed E-state index contributed by atoms with van der Waals surface area (Å²) in [6, 6.07) is 8.26. The van der Waals surface area contributed by atoms with E-state index in [0.29, 0.717) is 5.92 Å². The molecule has 0 amide bonds. The average molecular weight is 236 g/mol. The Balaban J connectivity index is 2.03. The van der Waals surface area contributed by atoms with Crippen LogP contribution < -0.4 is 0 Å². The number of benzene rings is 1. The molecule has 0 spiro atoms. The van der Waals surface area contributed by atoms with Crippen molar-refractivity contribution in [2.75, 3.05) is 6.54 Å². The molecule has 0 fully saturated rings. The molecule has 1 aliphatic heterocycles. The normalized spacial score (nSPS) is 21.9. The lowest BCUT2D eigenvalue weighted by Crippen LogP contribution is -2.11. The predicted molar refractivity (Wildman–Crippen MR) is 72.9 cm³/mol. The molecule has 18 heavy (non-hydrogen) atoms. The molecule has 1 aromatic rings. The van der Waals surface area contributed by atoms with E-state index in [2.05, 4.69) is 30.3 Å². The van der Waals surface area contributed by atoms with Gasteiger partial charge in [0.25, 0.3) is 0 Å². The molecule has 0 N–H and O–H groups in total. The molecule has 1 unspecified atom stereocenters. The summed E-state index contributed by atoms with van der Waals surface area (Å²) in [6.07, 6.45) is 5.74. The van der Waals surface area contributed by atoms with E-state index in [1.54, 1.807) is 0 Å². The van der Waals surface area contributed by atoms with Crippen molar-refractivity contribution in [3.63, 3.8) is 0 Å². The standard InChI is InChI=1S/C16H16N2/c1-11-7-12(8-17)5-6-14(11)15-4-2-3-13-9-18-10-16(13)15/h5-7,10,15H,2-4,9H2,1H3. The van der Waals surface area contributed by atoms with E-state index in [-0.39, 0.29) is 0 Å². The second-order valence-electron chi connectivity index (χ2n) is 5.16. The Morgan fingerprint density at radius 1 is 1.39 bits per heavy atom. The molecular formula is C16H16N2. The van der Waals surface area contributed by atoms with Gasteiger partial charge in [0.15, 0.2) is 0 Å². The van der Waals surface area contributed by atoms with Crippen molar-refractivity contribution in [1.82, 2.24) is 0 Å². The molecule has 0 radical (unpaired) electrons. The van der Waals surface area contributed by atoms with Crippen molar-refractivity contribution in [3.8, 4) is 6.07 Å². The van der Waals surface area contributed by atoms with E-state index in [0.717, 1.165) is 12.1 Å². The molecule has 1 atom stereocenters. The third-order valence-corrected chi connectivity index (χ3v) is 4.04. The number of nitrogens with zero attached hydrogens (tertiary/aromatic N) is 2. The summed E-state index contributed by atoms with van der Waals surface area (Å²) in [5.41, 5.74) is 6.31. The smallest absolute Gasteiger partial charge is 0.0991 e. The van der Waals surface area contributed by atoms with Crippen LogP contribution in [0.4, 0.5) is 0 Å². The van der Waals surface area contributed by atoms with Crippen molar-refractivity contribution in [1.29, 1.82) is 5.26 Å². The Kier molecular flexibility index (Phi) is 2.76. The van der Waals surface area contributed by atoms with E-state index in [1.807, 2.05) is 12.1 Å². The first-order valence-corrected chi connectivity index (χ1v) is 6.52. The van der Waals surface area contributed by atoms with Crippen LogP contribution in [0.15, 0.2) is 34.3 Å². The van der Waals surface area contributed by atoms with Crippen molar-refractivity contribution in [2.24, 2.45) is 4.99 Å². The molecule has 2 heteroatoms. The fourth-order valence-electron chi connectivity index (χ4n) is 3.13. The Labute approximate surface area is 108 Å². The maximum Gasteiger partial charge on any atom is 0.0991 e. The first kappa shape index (κ1) is 11.2. The highest BCUT2D eigenvalue weighted by atomic mass is 14.7. The fraction of sp³-hybridized carbons (Fsp3) is 0.375. The van der Waals surface area contributed by atoms with Gasteiger partial charge in [-0.2, -0.15) is 5.26 Å². The number of rotatable bonds is 1. The summed E-state index contributed by atoms with van der Waals surface area (Å²) >= 11 is 0. The Morgan fingerprint density at radius 2 is 2.28 bits per heavy atom. The molecule has 2 aliphatic rings. The lowest BCUT2D eigenvalue weighted by molar-refractivity contribution is 0.618. The summed E-state index contributed by atoms with van der Waals surface area (Å²) < 4.78 is 0. The minimum atomic E-state index is 0.493. The predicted octanol–water partition coefficient (Wildman–Crippen LogP) is 3.52. The molecule has 0 saturated heterocycles. The largest absolute Gasteiger partial charge is 0.288 e. The number of aliphatic imine (C=N–C) groups is 1. The number of hydrogen-bond acceptors (Lipinski definition) is 2. The maximum absolute atomic E-state index is 8.93. The molecule has 0 bridgehead atoms. The van der Waals surface area contributed by atoms with Gasteiger partial charge in [0.05, 0.1) is 18.2 Å². The molecule has 90 valence electrons. The van der Waals surface area contributed by atoms with E-state index in [1.165, 1.54) is 41.5 Å². The van der Waals surface area contributed by atoms with Crippen LogP contribution in [0.5, 0.6) is 0 Å². The number of nitriles is 1. The Bertz CT molecular complexity index is 588. The summed E-state index contributed by atoms with van der Waals surface area (Å²) in [7, 11) is 0. The van der Waals surface area contributed by atoms with Gasteiger partial charge in [-0.05, 0) is 60.6 Å². The molecule has 1 aromatic carbocycles. The van der Waals surface area contributed by atoms with Gasteiger partial charge in [-0.1, -0.05) is 6.07 Å². The lowest BCUT2D eigenvalue weighted by atomic mass is 9.78. The third kappa shape index (κ3) is 1.76. The van der Waals surface area contributed by atoms with Gasteiger partial charge in [-0.3, -0.25) is 4.99 Å². The second-order valence-corrected chi connectivity index (χ2v) is 5.16. The van der Waals surface area contributed by atoms with Crippen LogP contribution in [0, 0.1) is 18.3 Å². The van der Waals surface area contributed by atoms with Crippen LogP contribution in [0.2, 0.25) is 0 Å². The second kappa shape index (κ2) is 4.42. The molecule has 0 saturated carbocycles. The van der Waals surface area contributed by atoms with Gasteiger partial charge in [0.2, 0.25) is 0 Å². The zero-order valence-corrected chi connectivity index (χ0v) is 10.6. The Hall–Kier alpha value is -1.88. The zero-order chi connectivity index (χ0) is 12.5. The van der Waals surface area contributed by atoms with E-state index in [4.69, 9.17) is 5.26 Å². The number of hydrogen-bond donors (Lipinski definition) is 0. The molecule has 0 aromatic heterocycles. The first-order valence-electron chi connectivity index (χ1n) is 6.52. The molecular weight excluding hydrogens is 220 g/mol. The van der Waals surface area contributed by atoms with Crippen molar-refractivity contribution in [3.05, 3.63) is 46.0 Å². The number of allylic oxidation sites excluding steroid dienone is 1. The van der Waals surface area contributed by atoms with Crippen molar-refractivity contribution >= 4 is 6.21 Å². The average Bonchev–Trinajstić information content (AvgIpc) is 2.87. The van der Waals surface area contributed by atoms with E-state index in [9.17, 15) is 0 Å². The van der Waals surface area contributed by atoms with Crippen LogP contribution in [-0.2, 0) is 0 Å². The highest BCUT2D eigenvalue weighted by Gasteiger charge is 2.26. The molecule has 3 rings (SSSR count). The van der Waals surface area contributed by atoms with Gasteiger partial charge in [-0.15, -0.1) is 0 Å². The van der Waals surface area contributed by atoms with Gasteiger partial charge in [0, 0.05) is 12.1 Å². The molecule has 1 heterocycles.